The fraction of sp³-hybridized carbons (Fsp3) is 0.556. The van der Waals surface area contributed by atoms with E-state index in [1.807, 2.05) is 24.6 Å². The molecule has 1 fully saturated rings. The SMILES string of the molecule is Cc1nccn1[C@H](C)C(=O)NCC1CCN(c2cnn(C)c(=O)c2)CC1. The number of hydrogen-bond acceptors (Lipinski definition) is 5. The lowest BCUT2D eigenvalue weighted by molar-refractivity contribution is -0.124. The number of aromatic nitrogens is 4. The predicted molar refractivity (Wildman–Crippen MR) is 99.1 cm³/mol. The van der Waals surface area contributed by atoms with Gasteiger partial charge in [0.25, 0.3) is 5.56 Å². The van der Waals surface area contributed by atoms with Crippen LogP contribution in [0.2, 0.25) is 0 Å². The molecule has 0 aromatic carbocycles. The van der Waals surface area contributed by atoms with Crippen LogP contribution in [0.25, 0.3) is 0 Å². The fourth-order valence-electron chi connectivity index (χ4n) is 3.34. The summed E-state index contributed by atoms with van der Waals surface area (Å²) < 4.78 is 3.20. The molecule has 140 valence electrons. The van der Waals surface area contributed by atoms with Crippen molar-refractivity contribution >= 4 is 11.6 Å². The number of anilines is 1. The third kappa shape index (κ3) is 3.95. The predicted octanol–water partition coefficient (Wildman–Crippen LogP) is 0.879. The van der Waals surface area contributed by atoms with E-state index in [1.165, 1.54) is 4.68 Å². The van der Waals surface area contributed by atoms with E-state index in [0.29, 0.717) is 12.5 Å². The molecule has 0 saturated carbocycles. The molecule has 1 atom stereocenters. The van der Waals surface area contributed by atoms with Crippen molar-refractivity contribution in [2.45, 2.75) is 32.7 Å². The van der Waals surface area contributed by atoms with Crippen LogP contribution >= 0.6 is 0 Å². The van der Waals surface area contributed by atoms with Gasteiger partial charge < -0.3 is 14.8 Å². The van der Waals surface area contributed by atoms with E-state index in [4.69, 9.17) is 0 Å². The third-order valence-corrected chi connectivity index (χ3v) is 5.16. The van der Waals surface area contributed by atoms with Crippen LogP contribution in [0.5, 0.6) is 0 Å². The number of rotatable bonds is 5. The zero-order valence-electron chi connectivity index (χ0n) is 15.6. The van der Waals surface area contributed by atoms with Crippen LogP contribution in [0, 0.1) is 12.8 Å². The van der Waals surface area contributed by atoms with Gasteiger partial charge in [0, 0.05) is 45.1 Å². The average molecular weight is 358 g/mol. The van der Waals surface area contributed by atoms with Crippen LogP contribution in [0.1, 0.15) is 31.6 Å². The number of imidazole rings is 1. The number of aryl methyl sites for hydroxylation is 2. The molecule has 1 amide bonds. The maximum Gasteiger partial charge on any atom is 0.268 e. The minimum absolute atomic E-state index is 0.0179. The van der Waals surface area contributed by atoms with Crippen molar-refractivity contribution in [1.29, 1.82) is 0 Å². The summed E-state index contributed by atoms with van der Waals surface area (Å²) in [6.45, 7) is 6.19. The Morgan fingerprint density at radius 2 is 2.12 bits per heavy atom. The summed E-state index contributed by atoms with van der Waals surface area (Å²) >= 11 is 0. The summed E-state index contributed by atoms with van der Waals surface area (Å²) in [5, 5.41) is 7.15. The third-order valence-electron chi connectivity index (χ3n) is 5.16. The van der Waals surface area contributed by atoms with Crippen molar-refractivity contribution in [3.8, 4) is 0 Å². The molecule has 1 aliphatic rings. The molecule has 1 N–H and O–H groups in total. The van der Waals surface area contributed by atoms with Gasteiger partial charge in [-0.25, -0.2) is 9.67 Å². The Labute approximate surface area is 152 Å². The Hall–Kier alpha value is -2.64. The molecule has 0 aliphatic carbocycles. The first kappa shape index (κ1) is 18.2. The van der Waals surface area contributed by atoms with E-state index in [2.05, 4.69) is 20.3 Å². The first-order chi connectivity index (χ1) is 12.5. The smallest absolute Gasteiger partial charge is 0.268 e. The summed E-state index contributed by atoms with van der Waals surface area (Å²) in [5.41, 5.74) is 0.778. The monoisotopic (exact) mass is 358 g/mol. The Morgan fingerprint density at radius 1 is 1.38 bits per heavy atom. The Balaban J connectivity index is 1.48. The minimum Gasteiger partial charge on any atom is -0.370 e. The molecule has 2 aromatic rings. The van der Waals surface area contributed by atoms with E-state index < -0.39 is 0 Å². The Morgan fingerprint density at radius 3 is 2.73 bits per heavy atom. The van der Waals surface area contributed by atoms with E-state index in [0.717, 1.165) is 37.4 Å². The zero-order valence-corrected chi connectivity index (χ0v) is 15.6. The average Bonchev–Trinajstić information content (AvgIpc) is 3.07. The van der Waals surface area contributed by atoms with Crippen LogP contribution in [-0.2, 0) is 11.8 Å². The van der Waals surface area contributed by atoms with Crippen LogP contribution in [0.15, 0.2) is 29.5 Å². The molecule has 1 aliphatic heterocycles. The molecule has 26 heavy (non-hydrogen) atoms. The van der Waals surface area contributed by atoms with Crippen molar-refractivity contribution in [2.75, 3.05) is 24.5 Å². The maximum absolute atomic E-state index is 12.4. The van der Waals surface area contributed by atoms with Gasteiger partial charge in [0.2, 0.25) is 5.91 Å². The quantitative estimate of drug-likeness (QED) is 0.858. The molecule has 8 heteroatoms. The lowest BCUT2D eigenvalue weighted by Gasteiger charge is -2.33. The largest absolute Gasteiger partial charge is 0.370 e. The molecular weight excluding hydrogens is 332 g/mol. The van der Waals surface area contributed by atoms with Crippen molar-refractivity contribution in [3.63, 3.8) is 0 Å². The fourth-order valence-corrected chi connectivity index (χ4v) is 3.34. The van der Waals surface area contributed by atoms with Crippen LogP contribution in [0.3, 0.4) is 0 Å². The Kier molecular flexibility index (Phi) is 5.39. The molecule has 3 heterocycles. The number of carbonyl (C=O) groups excluding carboxylic acids is 1. The van der Waals surface area contributed by atoms with Gasteiger partial charge in [0.15, 0.2) is 0 Å². The van der Waals surface area contributed by atoms with Gasteiger partial charge in [-0.15, -0.1) is 0 Å². The second kappa shape index (κ2) is 7.72. The molecule has 0 unspecified atom stereocenters. The van der Waals surface area contributed by atoms with Crippen molar-refractivity contribution in [1.82, 2.24) is 24.6 Å². The zero-order chi connectivity index (χ0) is 18.7. The molecule has 0 radical (unpaired) electrons. The molecule has 3 rings (SSSR count). The van der Waals surface area contributed by atoms with Gasteiger partial charge in [-0.1, -0.05) is 0 Å². The second-order valence-electron chi connectivity index (χ2n) is 6.91. The summed E-state index contributed by atoms with van der Waals surface area (Å²) in [4.78, 5) is 30.5. The van der Waals surface area contributed by atoms with Crippen molar-refractivity contribution < 1.29 is 4.79 Å². The highest BCUT2D eigenvalue weighted by Crippen LogP contribution is 2.21. The summed E-state index contributed by atoms with van der Waals surface area (Å²) in [6, 6.07) is 1.37. The number of amides is 1. The van der Waals surface area contributed by atoms with Crippen LogP contribution in [-0.4, -0.2) is 44.9 Å². The highest BCUT2D eigenvalue weighted by atomic mass is 16.2. The molecule has 2 aromatic heterocycles. The van der Waals surface area contributed by atoms with Gasteiger partial charge in [-0.2, -0.15) is 5.10 Å². The topological polar surface area (TPSA) is 85.1 Å². The van der Waals surface area contributed by atoms with Gasteiger partial charge in [0.05, 0.1) is 11.9 Å². The lowest BCUT2D eigenvalue weighted by atomic mass is 9.96. The van der Waals surface area contributed by atoms with Crippen molar-refractivity contribution in [3.05, 3.63) is 40.8 Å². The number of carbonyl (C=O) groups is 1. The summed E-state index contributed by atoms with van der Waals surface area (Å²) in [5.74, 6) is 1.30. The van der Waals surface area contributed by atoms with Crippen LogP contribution < -0.4 is 15.8 Å². The number of nitrogens with one attached hydrogen (secondary N) is 1. The molecule has 0 spiro atoms. The molecule has 0 bridgehead atoms. The van der Waals surface area contributed by atoms with E-state index in [1.54, 1.807) is 25.5 Å². The van der Waals surface area contributed by atoms with E-state index in [9.17, 15) is 9.59 Å². The highest BCUT2D eigenvalue weighted by molar-refractivity contribution is 5.79. The lowest BCUT2D eigenvalue weighted by Crippen LogP contribution is -2.40. The van der Waals surface area contributed by atoms with Gasteiger partial charge in [-0.3, -0.25) is 9.59 Å². The Bertz CT molecular complexity index is 819. The molecular formula is C18H26N6O2. The second-order valence-corrected chi connectivity index (χ2v) is 6.91. The number of piperidine rings is 1. The van der Waals surface area contributed by atoms with Crippen LogP contribution in [0.4, 0.5) is 5.69 Å². The van der Waals surface area contributed by atoms with Gasteiger partial charge in [-0.05, 0) is 32.6 Å². The minimum atomic E-state index is -0.260. The maximum atomic E-state index is 12.4. The molecule has 1 saturated heterocycles. The first-order valence-corrected chi connectivity index (χ1v) is 9.01. The number of nitrogens with zero attached hydrogens (tertiary/aromatic N) is 5. The van der Waals surface area contributed by atoms with E-state index >= 15 is 0 Å². The summed E-state index contributed by atoms with van der Waals surface area (Å²) in [6.07, 6.45) is 7.23. The van der Waals surface area contributed by atoms with Gasteiger partial charge >= 0.3 is 0 Å². The molecule has 8 nitrogen and oxygen atoms in total. The standard InChI is InChI=1S/C18H26N6O2/c1-13(24-9-6-19-14(24)2)18(26)20-11-15-4-7-23(8-5-15)16-10-17(25)22(3)21-12-16/h6,9-10,12-13,15H,4-5,7-8,11H2,1-3H3,(H,20,26)/t13-/m1/s1. The first-order valence-electron chi connectivity index (χ1n) is 9.01. The van der Waals surface area contributed by atoms with E-state index in [-0.39, 0.29) is 17.5 Å². The summed E-state index contributed by atoms with van der Waals surface area (Å²) in [7, 11) is 1.65. The number of hydrogen-bond donors (Lipinski definition) is 1. The van der Waals surface area contributed by atoms with Gasteiger partial charge in [0.1, 0.15) is 11.9 Å². The highest BCUT2D eigenvalue weighted by Gasteiger charge is 2.22. The van der Waals surface area contributed by atoms with Crippen molar-refractivity contribution in [2.24, 2.45) is 13.0 Å². The normalized spacial score (nSPS) is 16.5.